The molecule has 0 spiro atoms. The van der Waals surface area contributed by atoms with E-state index >= 15 is 0 Å². The van der Waals surface area contributed by atoms with Gasteiger partial charge in [-0.25, -0.2) is 17.8 Å². The number of aromatic amines is 2. The van der Waals surface area contributed by atoms with Gasteiger partial charge < -0.3 is 14.8 Å². The Morgan fingerprint density at radius 3 is 1.27 bits per heavy atom. The Morgan fingerprint density at radius 2 is 0.910 bits per heavy atom. The summed E-state index contributed by atoms with van der Waals surface area (Å²) in [7, 11) is -9.99. The van der Waals surface area contributed by atoms with E-state index in [-0.39, 0.29) is 61.7 Å². The first kappa shape index (κ1) is 48.3. The Kier molecular flexibility index (Phi) is 13.5. The third-order valence-electron chi connectivity index (χ3n) is 9.62. The molecule has 0 saturated carbocycles. The minimum Gasteiger partial charge on any atom is -0.871 e. The molecule has 339 valence electrons. The van der Waals surface area contributed by atoms with Crippen molar-refractivity contribution in [3.8, 4) is 22.9 Å². The van der Waals surface area contributed by atoms with E-state index in [9.17, 15) is 66.0 Å². The number of hydrogen-bond acceptors (Lipinski definition) is 17. The summed E-state index contributed by atoms with van der Waals surface area (Å²) in [5.74, 6) is -1.87. The Balaban J connectivity index is 0.000000218. The minimum absolute atomic E-state index is 0. The minimum atomic E-state index is -5.12. The van der Waals surface area contributed by atoms with E-state index in [0.717, 1.165) is 36.4 Å². The van der Waals surface area contributed by atoms with E-state index in [1.807, 2.05) is 0 Å². The Morgan fingerprint density at radius 1 is 0.552 bits per heavy atom. The predicted octanol–water partition coefficient (Wildman–Crippen LogP) is 6.20. The number of non-ortho nitro benzene ring substituents is 2. The van der Waals surface area contributed by atoms with Gasteiger partial charge in [0.15, 0.2) is 11.4 Å². The Hall–Kier alpha value is -8.19. The molecule has 0 aliphatic carbocycles. The van der Waals surface area contributed by atoms with Crippen molar-refractivity contribution in [3.63, 3.8) is 0 Å². The van der Waals surface area contributed by atoms with Crippen molar-refractivity contribution < 1.29 is 63.4 Å². The number of nitro benzene ring substituents is 2. The summed E-state index contributed by atoms with van der Waals surface area (Å²) >= 11 is 0. The number of fused-ring (bicyclic) bond motifs is 2. The van der Waals surface area contributed by atoms with Crippen molar-refractivity contribution in [2.24, 2.45) is 20.5 Å². The molecule has 1 radical (unpaired) electrons. The van der Waals surface area contributed by atoms with Crippen molar-refractivity contribution in [1.29, 1.82) is 0 Å². The number of aryl methyl sites for hydroxylation is 2. The van der Waals surface area contributed by atoms with Gasteiger partial charge in [0.2, 0.25) is 0 Å². The molecule has 0 amide bonds. The predicted molar refractivity (Wildman–Crippen MR) is 228 cm³/mol. The van der Waals surface area contributed by atoms with Crippen LogP contribution in [0.3, 0.4) is 0 Å². The van der Waals surface area contributed by atoms with Crippen LogP contribution in [0.2, 0.25) is 0 Å². The zero-order valence-electron chi connectivity index (χ0n) is 33.9. The summed E-state index contributed by atoms with van der Waals surface area (Å²) in [6.07, 6.45) is 0. The molecule has 67 heavy (non-hydrogen) atoms. The molecule has 6 aromatic carbocycles. The smallest absolute Gasteiger partial charge is 0.871 e. The van der Waals surface area contributed by atoms with Gasteiger partial charge in [-0.15, -0.1) is 10.2 Å². The largest absolute Gasteiger partial charge is 3.00 e. The van der Waals surface area contributed by atoms with Gasteiger partial charge in [0.1, 0.15) is 15.0 Å². The van der Waals surface area contributed by atoms with Crippen LogP contribution in [-0.2, 0) is 37.6 Å². The molecule has 24 nitrogen and oxygen atoms in total. The summed E-state index contributed by atoms with van der Waals surface area (Å²) in [5.41, 5.74) is -1.15. The average Bonchev–Trinajstić information content (AvgIpc) is 3.73. The molecule has 0 bridgehead atoms. The number of para-hydroxylation sites is 2. The SMILES string of the molecule is Cc1[nH]n(-c2ccccc2)c(=O)c1N=Nc1c([O-])cc(S(=O)(=O)O)c2cc([N+](=O)[O-])ccc12.Cc1[nH]n(-c2ccccc2)c(=O)c1N=Nc1c([O-])cc(S(=O)(=O)[O-])c2cc([N+](=O)[O-])ccc12.[Cr+3]. The number of rotatable bonds is 10. The molecule has 2 heterocycles. The number of nitro groups is 2. The number of nitrogens with one attached hydrogen (secondary N) is 2. The molecule has 0 aliphatic heterocycles. The summed E-state index contributed by atoms with van der Waals surface area (Å²) in [5, 5.41) is 67.7. The van der Waals surface area contributed by atoms with Crippen LogP contribution < -0.4 is 21.3 Å². The summed E-state index contributed by atoms with van der Waals surface area (Å²) in [6.45, 7) is 3.15. The molecular weight excluding hydrogens is 961 g/mol. The van der Waals surface area contributed by atoms with Gasteiger partial charge >= 0.3 is 17.4 Å². The fourth-order valence-corrected chi connectivity index (χ4v) is 7.96. The van der Waals surface area contributed by atoms with E-state index in [0.29, 0.717) is 34.9 Å². The first-order chi connectivity index (χ1) is 31.1. The first-order valence-corrected chi connectivity index (χ1v) is 21.4. The quantitative estimate of drug-likeness (QED) is 0.0595. The molecular formula is C40H27CrN10O14S2. The van der Waals surface area contributed by atoms with E-state index < -0.39 is 73.9 Å². The summed E-state index contributed by atoms with van der Waals surface area (Å²) in [6, 6.07) is 24.5. The second kappa shape index (κ2) is 18.7. The van der Waals surface area contributed by atoms with E-state index in [1.54, 1.807) is 74.5 Å². The summed E-state index contributed by atoms with van der Waals surface area (Å²) in [4.78, 5) is 44.5. The number of H-pyrrole nitrogens is 2. The van der Waals surface area contributed by atoms with E-state index in [1.165, 1.54) is 9.36 Å². The van der Waals surface area contributed by atoms with Gasteiger partial charge in [0.25, 0.3) is 32.6 Å². The fourth-order valence-electron chi connectivity index (χ4n) is 6.56. The van der Waals surface area contributed by atoms with Gasteiger partial charge in [-0.05, 0) is 62.4 Å². The van der Waals surface area contributed by atoms with Crippen LogP contribution in [-0.4, -0.2) is 55.3 Å². The fraction of sp³-hybridized carbons (Fsp3) is 0.0500. The normalized spacial score (nSPS) is 11.8. The van der Waals surface area contributed by atoms with Crippen molar-refractivity contribution in [1.82, 2.24) is 19.6 Å². The van der Waals surface area contributed by atoms with Crippen molar-refractivity contribution in [3.05, 3.63) is 162 Å². The molecule has 3 N–H and O–H groups in total. The van der Waals surface area contributed by atoms with E-state index in [2.05, 4.69) is 30.7 Å². The molecule has 0 aliphatic rings. The third kappa shape index (κ3) is 9.76. The van der Waals surface area contributed by atoms with Crippen molar-refractivity contribution >= 4 is 75.9 Å². The molecule has 0 atom stereocenters. The molecule has 0 unspecified atom stereocenters. The molecule has 0 fully saturated rings. The molecule has 27 heteroatoms. The molecule has 8 aromatic rings. The van der Waals surface area contributed by atoms with Gasteiger partial charge in [-0.3, -0.25) is 44.6 Å². The molecule has 8 rings (SSSR count). The van der Waals surface area contributed by atoms with Crippen LogP contribution in [0.15, 0.2) is 149 Å². The first-order valence-electron chi connectivity index (χ1n) is 18.5. The summed E-state index contributed by atoms with van der Waals surface area (Å²) < 4.78 is 70.3. The number of benzene rings is 6. The zero-order chi connectivity index (χ0) is 47.8. The maximum Gasteiger partial charge on any atom is 3.00 e. The van der Waals surface area contributed by atoms with Gasteiger partial charge in [0.05, 0.1) is 48.9 Å². The third-order valence-corrected chi connectivity index (χ3v) is 11.4. The van der Waals surface area contributed by atoms with Crippen LogP contribution in [0.5, 0.6) is 11.5 Å². The van der Waals surface area contributed by atoms with Crippen LogP contribution in [0.25, 0.3) is 32.9 Å². The van der Waals surface area contributed by atoms with Crippen LogP contribution in [0, 0.1) is 34.1 Å². The van der Waals surface area contributed by atoms with E-state index in [4.69, 9.17) is 0 Å². The van der Waals surface area contributed by atoms with Crippen LogP contribution in [0.4, 0.5) is 34.1 Å². The Labute approximate surface area is 385 Å². The number of azo groups is 2. The van der Waals surface area contributed by atoms with Gasteiger partial charge in [-0.1, -0.05) is 47.9 Å². The van der Waals surface area contributed by atoms with Crippen LogP contribution in [0.1, 0.15) is 11.4 Å². The average molecular weight is 988 g/mol. The monoisotopic (exact) mass is 987 g/mol. The maximum absolute atomic E-state index is 12.8. The van der Waals surface area contributed by atoms with Crippen LogP contribution >= 0.6 is 0 Å². The standard InChI is InChI=1S/2C20H15N5O7S.Cr/c2*1-11-18(20(27)24(23-11)12-5-3-2-4-6-12)21-22-19-14-8-7-13(25(28)29)9-15(14)17(10-16(19)26)33(30,31)32;/h2*2-10,23,26H,1H3,(H,30,31,32);/q;;+3/p-3. The number of aromatic nitrogens is 4. The number of hydrogen-bond donors (Lipinski definition) is 3. The van der Waals surface area contributed by atoms with Crippen molar-refractivity contribution in [2.75, 3.05) is 0 Å². The number of nitrogens with zero attached hydrogens (tertiary/aromatic N) is 8. The zero-order valence-corrected chi connectivity index (χ0v) is 36.9. The Bertz CT molecular complexity index is 3460. The second-order valence-electron chi connectivity index (χ2n) is 13.9. The topological polar surface area (TPSA) is 369 Å². The van der Waals surface area contributed by atoms with Gasteiger partial charge in [0, 0.05) is 45.8 Å². The molecule has 0 saturated heterocycles. The van der Waals surface area contributed by atoms with Crippen molar-refractivity contribution in [2.45, 2.75) is 23.6 Å². The second-order valence-corrected chi connectivity index (χ2v) is 16.6. The molecule has 2 aromatic heterocycles. The maximum atomic E-state index is 12.8. The van der Waals surface area contributed by atoms with Gasteiger partial charge in [-0.2, -0.15) is 18.6 Å².